The number of rotatable bonds is 4. The Kier molecular flexibility index (Phi) is 5.04. The van der Waals surface area contributed by atoms with Gasteiger partial charge in [0.15, 0.2) is 0 Å². The predicted molar refractivity (Wildman–Crippen MR) is 78.9 cm³/mol. The zero-order valence-electron chi connectivity index (χ0n) is 11.0. The predicted octanol–water partition coefficient (Wildman–Crippen LogP) is 5.39. The Bertz CT molecular complexity index is 674. The highest BCUT2D eigenvalue weighted by Gasteiger charge is 2.17. The molecule has 0 amide bonds. The molecule has 2 aromatic carbocycles. The Hall–Kier alpha value is -1.78. The summed E-state index contributed by atoms with van der Waals surface area (Å²) in [5.74, 6) is -0.711. The van der Waals surface area contributed by atoms with E-state index in [2.05, 4.69) is 4.94 Å². The van der Waals surface area contributed by atoms with E-state index in [0.717, 1.165) is 12.0 Å². The first-order chi connectivity index (χ1) is 10.0. The lowest BCUT2D eigenvalue weighted by Crippen LogP contribution is -2.02. The van der Waals surface area contributed by atoms with Crippen LogP contribution < -0.4 is 4.74 Å². The summed E-state index contributed by atoms with van der Waals surface area (Å²) in [6.45, 7) is 1.94. The Morgan fingerprint density at radius 1 is 1.14 bits per heavy atom. The SMILES string of the molecule is CCc1ccc(C(=O)OF)c(Oc2cc(Cl)ccc2Cl)c1. The van der Waals surface area contributed by atoms with Crippen LogP contribution in [0.1, 0.15) is 22.8 Å². The van der Waals surface area contributed by atoms with Gasteiger partial charge >= 0.3 is 5.97 Å². The van der Waals surface area contributed by atoms with Crippen molar-refractivity contribution in [1.29, 1.82) is 0 Å². The summed E-state index contributed by atoms with van der Waals surface area (Å²) in [4.78, 5) is 14.7. The zero-order valence-corrected chi connectivity index (χ0v) is 12.5. The molecule has 0 aliphatic heterocycles. The van der Waals surface area contributed by atoms with E-state index >= 15 is 0 Å². The molecule has 6 heteroatoms. The van der Waals surface area contributed by atoms with E-state index in [4.69, 9.17) is 27.9 Å². The Morgan fingerprint density at radius 3 is 2.57 bits per heavy atom. The van der Waals surface area contributed by atoms with Gasteiger partial charge in [-0.25, -0.2) is 9.74 Å². The Balaban J connectivity index is 2.45. The van der Waals surface area contributed by atoms with Crippen LogP contribution in [0.4, 0.5) is 4.53 Å². The van der Waals surface area contributed by atoms with Gasteiger partial charge in [0, 0.05) is 15.6 Å². The van der Waals surface area contributed by atoms with Gasteiger partial charge < -0.3 is 4.74 Å². The van der Waals surface area contributed by atoms with E-state index in [9.17, 15) is 9.32 Å². The quantitative estimate of drug-likeness (QED) is 0.754. The number of halogens is 3. The molecule has 0 aliphatic rings. The molecular weight excluding hydrogens is 318 g/mol. The molecule has 0 heterocycles. The monoisotopic (exact) mass is 328 g/mol. The highest BCUT2D eigenvalue weighted by atomic mass is 35.5. The van der Waals surface area contributed by atoms with Crippen LogP contribution >= 0.6 is 23.2 Å². The van der Waals surface area contributed by atoms with Gasteiger partial charge in [0.1, 0.15) is 17.1 Å². The van der Waals surface area contributed by atoms with Gasteiger partial charge in [-0.15, -0.1) is 0 Å². The molecule has 0 radical (unpaired) electrons. The normalized spacial score (nSPS) is 10.3. The number of ether oxygens (including phenoxy) is 1. The van der Waals surface area contributed by atoms with Crippen LogP contribution in [0.5, 0.6) is 11.5 Å². The first kappa shape index (κ1) is 15.6. The summed E-state index contributed by atoms with van der Waals surface area (Å²) in [5.41, 5.74) is 0.879. The molecule has 0 spiro atoms. The summed E-state index contributed by atoms with van der Waals surface area (Å²) in [6.07, 6.45) is 0.727. The standard InChI is InChI=1S/C15H11Cl2FO3/c1-2-9-3-5-11(15(19)21-18)13(7-9)20-14-8-10(16)4-6-12(14)17/h3-8H,2H2,1H3. The number of hydrogen-bond acceptors (Lipinski definition) is 3. The number of aryl methyl sites for hydroxylation is 1. The topological polar surface area (TPSA) is 35.5 Å². The minimum absolute atomic E-state index is 0.0363. The van der Waals surface area contributed by atoms with Crippen LogP contribution in [-0.4, -0.2) is 5.97 Å². The minimum atomic E-state index is -1.13. The first-order valence-electron chi connectivity index (χ1n) is 6.14. The lowest BCUT2D eigenvalue weighted by Gasteiger charge is -2.12. The smallest absolute Gasteiger partial charge is 0.383 e. The molecule has 0 aliphatic carbocycles. The molecule has 0 bridgehead atoms. The molecule has 0 unspecified atom stereocenters. The van der Waals surface area contributed by atoms with Gasteiger partial charge in [-0.05, 0) is 36.2 Å². The van der Waals surface area contributed by atoms with Crippen LogP contribution in [-0.2, 0) is 11.4 Å². The van der Waals surface area contributed by atoms with Gasteiger partial charge in [0.05, 0.1) is 5.02 Å². The molecule has 0 fully saturated rings. The van der Waals surface area contributed by atoms with Gasteiger partial charge in [-0.3, -0.25) is 0 Å². The molecule has 2 rings (SSSR count). The summed E-state index contributed by atoms with van der Waals surface area (Å²) < 4.78 is 17.8. The van der Waals surface area contributed by atoms with Gasteiger partial charge in [0.25, 0.3) is 0 Å². The van der Waals surface area contributed by atoms with Crippen LogP contribution in [0.3, 0.4) is 0 Å². The number of hydrogen-bond donors (Lipinski definition) is 0. The molecule has 0 N–H and O–H groups in total. The second-order valence-electron chi connectivity index (χ2n) is 4.23. The molecule has 0 aromatic heterocycles. The molecule has 21 heavy (non-hydrogen) atoms. The first-order valence-corrected chi connectivity index (χ1v) is 6.89. The van der Waals surface area contributed by atoms with Crippen LogP contribution in [0.25, 0.3) is 0 Å². The maximum absolute atomic E-state index is 12.2. The molecule has 0 saturated carbocycles. The number of carbonyl (C=O) groups excluding carboxylic acids is 1. The Labute approximate surface area is 131 Å². The second-order valence-corrected chi connectivity index (χ2v) is 5.07. The van der Waals surface area contributed by atoms with Gasteiger partial charge in [-0.1, -0.05) is 36.2 Å². The average molecular weight is 329 g/mol. The molecule has 2 aromatic rings. The van der Waals surface area contributed by atoms with Crippen LogP contribution in [0.2, 0.25) is 10.0 Å². The van der Waals surface area contributed by atoms with E-state index in [1.807, 2.05) is 6.92 Å². The third-order valence-electron chi connectivity index (χ3n) is 2.86. The fourth-order valence-electron chi connectivity index (χ4n) is 1.76. The zero-order chi connectivity index (χ0) is 15.4. The lowest BCUT2D eigenvalue weighted by molar-refractivity contribution is -0.0789. The number of carbonyl (C=O) groups is 1. The molecule has 0 atom stereocenters. The van der Waals surface area contributed by atoms with Crippen molar-refractivity contribution in [2.24, 2.45) is 0 Å². The van der Waals surface area contributed by atoms with E-state index in [-0.39, 0.29) is 17.1 Å². The van der Waals surface area contributed by atoms with Gasteiger partial charge in [-0.2, -0.15) is 0 Å². The summed E-state index contributed by atoms with van der Waals surface area (Å²) in [6, 6.07) is 9.44. The van der Waals surface area contributed by atoms with E-state index in [0.29, 0.717) is 10.0 Å². The van der Waals surface area contributed by atoms with Crippen molar-refractivity contribution in [1.82, 2.24) is 0 Å². The summed E-state index contributed by atoms with van der Waals surface area (Å²) >= 11 is 11.9. The molecule has 3 nitrogen and oxygen atoms in total. The van der Waals surface area contributed by atoms with Crippen LogP contribution in [0, 0.1) is 0 Å². The fourth-order valence-corrected chi connectivity index (χ4v) is 2.07. The molecular formula is C15H11Cl2FO3. The third-order valence-corrected chi connectivity index (χ3v) is 3.40. The van der Waals surface area contributed by atoms with Crippen molar-refractivity contribution in [3.05, 3.63) is 57.6 Å². The fraction of sp³-hybridized carbons (Fsp3) is 0.133. The summed E-state index contributed by atoms with van der Waals surface area (Å²) in [7, 11) is 0. The maximum Gasteiger partial charge on any atom is 0.383 e. The largest absolute Gasteiger partial charge is 0.455 e. The second kappa shape index (κ2) is 6.78. The third kappa shape index (κ3) is 3.65. The highest BCUT2D eigenvalue weighted by molar-refractivity contribution is 6.34. The highest BCUT2D eigenvalue weighted by Crippen LogP contribution is 2.34. The lowest BCUT2D eigenvalue weighted by atomic mass is 10.1. The minimum Gasteiger partial charge on any atom is -0.455 e. The maximum atomic E-state index is 12.2. The molecule has 110 valence electrons. The van der Waals surface area contributed by atoms with Crippen molar-refractivity contribution in [2.45, 2.75) is 13.3 Å². The van der Waals surface area contributed by atoms with Crippen molar-refractivity contribution in [3.63, 3.8) is 0 Å². The molecule has 0 saturated heterocycles. The van der Waals surface area contributed by atoms with E-state index in [1.165, 1.54) is 12.1 Å². The Morgan fingerprint density at radius 2 is 1.90 bits per heavy atom. The van der Waals surface area contributed by atoms with Crippen molar-refractivity contribution < 1.29 is 19.0 Å². The van der Waals surface area contributed by atoms with Crippen molar-refractivity contribution >= 4 is 29.2 Å². The van der Waals surface area contributed by atoms with E-state index in [1.54, 1.807) is 24.3 Å². The summed E-state index contributed by atoms with van der Waals surface area (Å²) in [5, 5.41) is 0.747. The van der Waals surface area contributed by atoms with Gasteiger partial charge in [0.2, 0.25) is 0 Å². The van der Waals surface area contributed by atoms with E-state index < -0.39 is 5.97 Å². The average Bonchev–Trinajstić information content (AvgIpc) is 2.50. The van der Waals surface area contributed by atoms with Crippen molar-refractivity contribution in [2.75, 3.05) is 0 Å². The number of benzene rings is 2. The van der Waals surface area contributed by atoms with Crippen LogP contribution in [0.15, 0.2) is 36.4 Å². The van der Waals surface area contributed by atoms with Crippen molar-refractivity contribution in [3.8, 4) is 11.5 Å².